The van der Waals surface area contributed by atoms with Crippen LogP contribution in [0.5, 0.6) is 0 Å². The van der Waals surface area contributed by atoms with Crippen LogP contribution in [0.3, 0.4) is 0 Å². The molecule has 29 heavy (non-hydrogen) atoms. The summed E-state index contributed by atoms with van der Waals surface area (Å²) >= 11 is 0. The number of anilines is 1. The molecule has 8 nitrogen and oxygen atoms in total. The van der Waals surface area contributed by atoms with Crippen molar-refractivity contribution in [1.82, 2.24) is 9.78 Å². The number of hydrogen-bond donors (Lipinski definition) is 0. The molecule has 0 spiro atoms. The average Bonchev–Trinajstić information content (AvgIpc) is 2.71. The van der Waals surface area contributed by atoms with Gasteiger partial charge in [-0.15, -0.1) is 0 Å². The Labute approximate surface area is 166 Å². The highest BCUT2D eigenvalue weighted by molar-refractivity contribution is 6.00. The molecule has 0 aliphatic heterocycles. The Morgan fingerprint density at radius 1 is 1.14 bits per heavy atom. The summed E-state index contributed by atoms with van der Waals surface area (Å²) in [6.45, 7) is 1.57. The molecule has 3 aromatic rings. The van der Waals surface area contributed by atoms with Gasteiger partial charge in [0.2, 0.25) is 5.91 Å². The molecule has 0 aliphatic carbocycles. The van der Waals surface area contributed by atoms with Gasteiger partial charge in [0.25, 0.3) is 5.56 Å². The third-order valence-corrected chi connectivity index (χ3v) is 4.44. The molecule has 1 heterocycles. The van der Waals surface area contributed by atoms with E-state index >= 15 is 0 Å². The zero-order chi connectivity index (χ0) is 21.0. The topological polar surface area (TPSA) is 119 Å². The zero-order valence-electron chi connectivity index (χ0n) is 15.7. The van der Waals surface area contributed by atoms with E-state index in [0.717, 1.165) is 10.2 Å². The molecular formula is C21H17N4O4-. The lowest BCUT2D eigenvalue weighted by atomic mass is 10.1. The number of aromatic nitrogens is 2. The van der Waals surface area contributed by atoms with E-state index in [-0.39, 0.29) is 23.7 Å². The van der Waals surface area contributed by atoms with Crippen LogP contribution >= 0.6 is 0 Å². The minimum absolute atomic E-state index is 0.101. The maximum absolute atomic E-state index is 12.9. The lowest BCUT2D eigenvalue weighted by Crippen LogP contribution is -2.39. The molecule has 0 radical (unpaired) electrons. The van der Waals surface area contributed by atoms with Crippen molar-refractivity contribution in [3.63, 3.8) is 0 Å². The molecule has 3 rings (SSSR count). The van der Waals surface area contributed by atoms with E-state index in [1.165, 1.54) is 17.0 Å². The summed E-state index contributed by atoms with van der Waals surface area (Å²) in [5, 5.41) is 24.5. The number of carbonyl (C=O) groups is 2. The zero-order valence-corrected chi connectivity index (χ0v) is 15.7. The fourth-order valence-electron chi connectivity index (χ4n) is 2.99. The first kappa shape index (κ1) is 19.8. The number of aryl methyl sites for hydroxylation is 1. The number of nitrogens with zero attached hydrogens (tertiary/aromatic N) is 4. The summed E-state index contributed by atoms with van der Waals surface area (Å²) in [7, 11) is 0. The van der Waals surface area contributed by atoms with Crippen LogP contribution in [0.4, 0.5) is 5.69 Å². The number of hydrogen-bond acceptors (Lipinski definition) is 6. The lowest BCUT2D eigenvalue weighted by molar-refractivity contribution is -0.255. The van der Waals surface area contributed by atoms with Gasteiger partial charge in [-0.3, -0.25) is 9.59 Å². The Balaban J connectivity index is 2.01. The summed E-state index contributed by atoms with van der Waals surface area (Å²) in [4.78, 5) is 38.5. The summed E-state index contributed by atoms with van der Waals surface area (Å²) in [6, 6.07) is 15.3. The Morgan fingerprint density at radius 2 is 1.79 bits per heavy atom. The second-order valence-electron chi connectivity index (χ2n) is 6.43. The highest BCUT2D eigenvalue weighted by Crippen LogP contribution is 2.17. The van der Waals surface area contributed by atoms with Crippen molar-refractivity contribution in [2.75, 3.05) is 11.4 Å². The van der Waals surface area contributed by atoms with Crippen molar-refractivity contribution < 1.29 is 14.7 Å². The van der Waals surface area contributed by atoms with Crippen molar-refractivity contribution in [2.24, 2.45) is 0 Å². The maximum Gasteiger partial charge on any atom is 0.275 e. The van der Waals surface area contributed by atoms with Crippen LogP contribution in [0.1, 0.15) is 22.5 Å². The van der Waals surface area contributed by atoms with E-state index in [0.29, 0.717) is 5.69 Å². The van der Waals surface area contributed by atoms with Gasteiger partial charge in [-0.25, -0.2) is 4.68 Å². The molecule has 2 aromatic carbocycles. The molecule has 0 N–H and O–H groups in total. The molecule has 146 valence electrons. The molecule has 0 fully saturated rings. The third-order valence-electron chi connectivity index (χ3n) is 4.44. The highest BCUT2D eigenvalue weighted by Gasteiger charge is 2.19. The first-order valence-electron chi connectivity index (χ1n) is 8.87. The van der Waals surface area contributed by atoms with E-state index in [4.69, 9.17) is 5.26 Å². The fraction of sp³-hybridized carbons (Fsp3) is 0.190. The number of benzene rings is 2. The molecule has 8 heteroatoms. The third kappa shape index (κ3) is 4.14. The van der Waals surface area contributed by atoms with E-state index in [1.807, 2.05) is 25.1 Å². The van der Waals surface area contributed by atoms with E-state index < -0.39 is 29.7 Å². The van der Waals surface area contributed by atoms with Crippen molar-refractivity contribution >= 4 is 28.3 Å². The van der Waals surface area contributed by atoms with Crippen LogP contribution in [0.15, 0.2) is 53.3 Å². The number of nitriles is 1. The van der Waals surface area contributed by atoms with Gasteiger partial charge in [0.05, 0.1) is 23.8 Å². The van der Waals surface area contributed by atoms with Gasteiger partial charge in [0.15, 0.2) is 0 Å². The van der Waals surface area contributed by atoms with Crippen LogP contribution in [0.25, 0.3) is 10.8 Å². The number of carboxylic acid groups (broad SMARTS) is 1. The number of amides is 1. The molecule has 0 saturated carbocycles. The number of carboxylic acids is 1. The van der Waals surface area contributed by atoms with Crippen molar-refractivity contribution in [2.45, 2.75) is 19.9 Å². The molecule has 1 aromatic heterocycles. The molecule has 0 aliphatic rings. The molecule has 1 amide bonds. The number of rotatable bonds is 6. The van der Waals surface area contributed by atoms with Crippen LogP contribution in [0.2, 0.25) is 0 Å². The van der Waals surface area contributed by atoms with Gasteiger partial charge in [-0.2, -0.15) is 10.4 Å². The number of fused-ring (bicyclic) bond motifs is 1. The Hall–Kier alpha value is -3.99. The van der Waals surface area contributed by atoms with Crippen LogP contribution in [-0.2, 0) is 11.3 Å². The summed E-state index contributed by atoms with van der Waals surface area (Å²) in [6.07, 6.45) is 0.101. The van der Waals surface area contributed by atoms with Crippen molar-refractivity contribution in [1.29, 1.82) is 5.26 Å². The summed E-state index contributed by atoms with van der Waals surface area (Å²) < 4.78 is 0.823. The maximum atomic E-state index is 12.9. The monoisotopic (exact) mass is 389 g/mol. The number of aromatic carboxylic acids is 1. The molecule has 0 atom stereocenters. The van der Waals surface area contributed by atoms with E-state index in [1.54, 1.807) is 24.3 Å². The second-order valence-corrected chi connectivity index (χ2v) is 6.43. The predicted octanol–water partition coefficient (Wildman–Crippen LogP) is 1.02. The van der Waals surface area contributed by atoms with Gasteiger partial charge in [0, 0.05) is 17.6 Å². The van der Waals surface area contributed by atoms with Gasteiger partial charge < -0.3 is 14.8 Å². The largest absolute Gasteiger partial charge is 0.543 e. The van der Waals surface area contributed by atoms with Gasteiger partial charge in [-0.1, -0.05) is 35.9 Å². The smallest absolute Gasteiger partial charge is 0.275 e. The first-order chi connectivity index (χ1) is 13.9. The van der Waals surface area contributed by atoms with Crippen molar-refractivity contribution in [3.05, 3.63) is 70.1 Å². The molecule has 0 unspecified atom stereocenters. The second kappa shape index (κ2) is 8.35. The minimum Gasteiger partial charge on any atom is -0.543 e. The standard InChI is InChI=1S/C21H18N4O4/c1-14-7-9-15(10-8-14)24(12-4-11-22)18(26)13-25-20(27)17-6-3-2-5-16(17)19(23-25)21(28)29/h2-3,5-10H,4,12-13H2,1H3,(H,28,29)/p-1. The number of carbonyl (C=O) groups excluding carboxylic acids is 2. The highest BCUT2D eigenvalue weighted by atomic mass is 16.4. The minimum atomic E-state index is -1.54. The summed E-state index contributed by atoms with van der Waals surface area (Å²) in [5.41, 5.74) is 0.590. The fourth-order valence-corrected chi connectivity index (χ4v) is 2.99. The van der Waals surface area contributed by atoms with Crippen LogP contribution < -0.4 is 15.6 Å². The van der Waals surface area contributed by atoms with Gasteiger partial charge >= 0.3 is 0 Å². The normalized spacial score (nSPS) is 10.5. The SMILES string of the molecule is Cc1ccc(N(CCC#N)C(=O)Cn2nc(C(=O)[O-])c3ccccc3c2=O)cc1. The summed E-state index contributed by atoms with van der Waals surface area (Å²) in [5.74, 6) is -2.03. The van der Waals surface area contributed by atoms with Crippen molar-refractivity contribution in [3.8, 4) is 6.07 Å². The molecular weight excluding hydrogens is 372 g/mol. The molecule has 0 saturated heterocycles. The van der Waals surface area contributed by atoms with Crippen LogP contribution in [-0.4, -0.2) is 28.2 Å². The first-order valence-corrected chi connectivity index (χ1v) is 8.87. The predicted molar refractivity (Wildman–Crippen MR) is 104 cm³/mol. The van der Waals surface area contributed by atoms with Gasteiger partial charge in [0.1, 0.15) is 12.2 Å². The molecule has 0 bridgehead atoms. The Kier molecular flexibility index (Phi) is 5.69. The quantitative estimate of drug-likeness (QED) is 0.621. The van der Waals surface area contributed by atoms with Crippen LogP contribution in [0, 0.1) is 18.3 Å². The Morgan fingerprint density at radius 3 is 2.41 bits per heavy atom. The van der Waals surface area contributed by atoms with E-state index in [9.17, 15) is 19.5 Å². The lowest BCUT2D eigenvalue weighted by Gasteiger charge is -2.22. The Bertz CT molecular complexity index is 1180. The average molecular weight is 389 g/mol. The van der Waals surface area contributed by atoms with Gasteiger partial charge in [-0.05, 0) is 25.1 Å². The van der Waals surface area contributed by atoms with E-state index in [2.05, 4.69) is 5.10 Å².